The molecule has 0 radical (unpaired) electrons. The molecule has 7 heteroatoms. The van der Waals surface area contributed by atoms with Gasteiger partial charge in [0.2, 0.25) is 6.29 Å². The first-order chi connectivity index (χ1) is 13.1. The Morgan fingerprint density at radius 1 is 1.33 bits per heavy atom. The summed E-state index contributed by atoms with van der Waals surface area (Å²) in [4.78, 5) is 12.5. The second-order valence-electron chi connectivity index (χ2n) is 6.33. The summed E-state index contributed by atoms with van der Waals surface area (Å²) in [5.74, 6) is -0.770. The fourth-order valence-corrected chi connectivity index (χ4v) is 3.18. The van der Waals surface area contributed by atoms with E-state index in [2.05, 4.69) is 5.32 Å². The van der Waals surface area contributed by atoms with Crippen molar-refractivity contribution in [2.75, 3.05) is 33.5 Å². The third kappa shape index (κ3) is 6.02. The molecule has 0 fully saturated rings. The minimum Gasteiger partial charge on any atom is -0.459 e. The van der Waals surface area contributed by atoms with Crippen LogP contribution >= 0.6 is 0 Å². The Kier molecular flexibility index (Phi) is 8.71. The summed E-state index contributed by atoms with van der Waals surface area (Å²) in [5.41, 5.74) is 0.870. The molecule has 0 spiro atoms. The molecule has 0 saturated heterocycles. The molecule has 1 aliphatic heterocycles. The molecule has 1 heterocycles. The van der Waals surface area contributed by atoms with E-state index in [0.29, 0.717) is 32.6 Å². The van der Waals surface area contributed by atoms with Gasteiger partial charge in [-0.15, -0.1) is 0 Å². The number of aliphatic hydroxyl groups is 1. The minimum absolute atomic E-state index is 0.0551. The summed E-state index contributed by atoms with van der Waals surface area (Å²) in [6.45, 7) is 3.10. The van der Waals surface area contributed by atoms with Gasteiger partial charge in [-0.25, -0.2) is 4.39 Å². The molecule has 3 atom stereocenters. The van der Waals surface area contributed by atoms with Gasteiger partial charge in [0.05, 0.1) is 6.61 Å². The van der Waals surface area contributed by atoms with E-state index in [-0.39, 0.29) is 35.9 Å². The Hall–Kier alpha value is -1.96. The quantitative estimate of drug-likeness (QED) is 0.609. The Morgan fingerprint density at radius 3 is 2.70 bits per heavy atom. The van der Waals surface area contributed by atoms with Crippen LogP contribution in [0.15, 0.2) is 36.1 Å². The Labute approximate surface area is 159 Å². The number of hydrogen-bond donors (Lipinski definition) is 2. The molecule has 6 nitrogen and oxygen atoms in total. The predicted octanol–water partition coefficient (Wildman–Crippen LogP) is 2.34. The molecule has 27 heavy (non-hydrogen) atoms. The maximum absolute atomic E-state index is 13.4. The first-order valence-corrected chi connectivity index (χ1v) is 9.24. The van der Waals surface area contributed by atoms with Gasteiger partial charge in [0.25, 0.3) is 5.91 Å². The number of nitrogens with one attached hydrogen (secondary N) is 1. The molecule has 1 aliphatic rings. The van der Waals surface area contributed by atoms with Crippen molar-refractivity contribution in [1.82, 2.24) is 5.32 Å². The fraction of sp³-hybridized carbons (Fsp3) is 0.550. The number of halogens is 1. The van der Waals surface area contributed by atoms with Crippen LogP contribution in [0.5, 0.6) is 0 Å². The highest BCUT2D eigenvalue weighted by atomic mass is 19.1. The van der Waals surface area contributed by atoms with Crippen LogP contribution in [-0.4, -0.2) is 50.8 Å². The normalized spacial score (nSPS) is 22.1. The van der Waals surface area contributed by atoms with Crippen molar-refractivity contribution in [2.24, 2.45) is 5.92 Å². The van der Waals surface area contributed by atoms with Crippen molar-refractivity contribution in [1.29, 1.82) is 0 Å². The van der Waals surface area contributed by atoms with Gasteiger partial charge in [0.1, 0.15) is 5.82 Å². The third-order valence-electron chi connectivity index (χ3n) is 4.48. The standard InChI is InChI=1S/C20H28FNO5/c1-3-26-20-16(5-4-11-23)17(14-6-8-15(21)9-7-14)13-18(27-20)19(24)22-10-12-25-2/h6-9,13,16-17,20,23H,3-5,10-12H2,1-2H3,(H,22,24)/t16-,17-,20-/m1/s1. The van der Waals surface area contributed by atoms with Crippen LogP contribution in [0.25, 0.3) is 0 Å². The maximum Gasteiger partial charge on any atom is 0.286 e. The topological polar surface area (TPSA) is 77.0 Å². The number of carbonyl (C=O) groups excluding carboxylic acids is 1. The Morgan fingerprint density at radius 2 is 2.07 bits per heavy atom. The highest BCUT2D eigenvalue weighted by molar-refractivity contribution is 5.91. The summed E-state index contributed by atoms with van der Waals surface area (Å²) in [5, 5.41) is 12.0. The van der Waals surface area contributed by atoms with Gasteiger partial charge in [0.15, 0.2) is 5.76 Å². The number of carbonyl (C=O) groups is 1. The van der Waals surface area contributed by atoms with Crippen molar-refractivity contribution >= 4 is 5.91 Å². The highest BCUT2D eigenvalue weighted by Gasteiger charge is 2.37. The second kappa shape index (κ2) is 11.0. The van der Waals surface area contributed by atoms with Gasteiger partial charge in [-0.05, 0) is 43.5 Å². The van der Waals surface area contributed by atoms with Gasteiger partial charge in [-0.1, -0.05) is 12.1 Å². The lowest BCUT2D eigenvalue weighted by Gasteiger charge is -2.37. The molecule has 2 rings (SSSR count). The molecule has 2 N–H and O–H groups in total. The van der Waals surface area contributed by atoms with E-state index in [1.807, 2.05) is 6.92 Å². The number of aliphatic hydroxyl groups excluding tert-OH is 1. The van der Waals surface area contributed by atoms with Gasteiger partial charge >= 0.3 is 0 Å². The zero-order valence-electron chi connectivity index (χ0n) is 15.8. The average Bonchev–Trinajstić information content (AvgIpc) is 2.67. The molecule has 150 valence electrons. The van der Waals surface area contributed by atoms with Crippen LogP contribution in [0.2, 0.25) is 0 Å². The van der Waals surface area contributed by atoms with E-state index in [4.69, 9.17) is 14.2 Å². The Bertz CT molecular complexity index is 619. The predicted molar refractivity (Wildman–Crippen MR) is 98.4 cm³/mol. The van der Waals surface area contributed by atoms with Crippen molar-refractivity contribution in [3.8, 4) is 0 Å². The number of benzene rings is 1. The van der Waals surface area contributed by atoms with Gasteiger partial charge < -0.3 is 24.6 Å². The van der Waals surface area contributed by atoms with Crippen LogP contribution in [-0.2, 0) is 19.0 Å². The summed E-state index contributed by atoms with van der Waals surface area (Å²) >= 11 is 0. The first kappa shape index (κ1) is 21.3. The van der Waals surface area contributed by atoms with Crippen LogP contribution in [0, 0.1) is 11.7 Å². The number of ether oxygens (including phenoxy) is 3. The molecule has 0 aromatic heterocycles. The lowest BCUT2D eigenvalue weighted by Crippen LogP contribution is -2.39. The van der Waals surface area contributed by atoms with Crippen LogP contribution in [0.3, 0.4) is 0 Å². The molecule has 0 bridgehead atoms. The van der Waals surface area contributed by atoms with E-state index in [1.165, 1.54) is 12.1 Å². The summed E-state index contributed by atoms with van der Waals surface area (Å²) in [6.07, 6.45) is 2.37. The molecular formula is C20H28FNO5. The lowest BCUT2D eigenvalue weighted by atomic mass is 9.80. The summed E-state index contributed by atoms with van der Waals surface area (Å²) < 4.78 is 29.9. The number of amides is 1. The fourth-order valence-electron chi connectivity index (χ4n) is 3.18. The lowest BCUT2D eigenvalue weighted by molar-refractivity contribution is -0.166. The number of rotatable bonds is 10. The van der Waals surface area contributed by atoms with Crippen molar-refractivity contribution < 1.29 is 28.5 Å². The number of methoxy groups -OCH3 is 1. The van der Waals surface area contributed by atoms with E-state index < -0.39 is 6.29 Å². The monoisotopic (exact) mass is 381 g/mol. The van der Waals surface area contributed by atoms with Gasteiger partial charge in [0, 0.05) is 38.7 Å². The van der Waals surface area contributed by atoms with E-state index in [0.717, 1.165) is 5.56 Å². The minimum atomic E-state index is -0.621. The van der Waals surface area contributed by atoms with Crippen molar-refractivity contribution in [3.05, 3.63) is 47.5 Å². The van der Waals surface area contributed by atoms with Gasteiger partial charge in [-0.2, -0.15) is 0 Å². The summed E-state index contributed by atoms with van der Waals surface area (Å²) in [7, 11) is 1.56. The first-order valence-electron chi connectivity index (χ1n) is 9.24. The van der Waals surface area contributed by atoms with Crippen LogP contribution in [0.4, 0.5) is 4.39 Å². The molecule has 1 aromatic carbocycles. The number of allylic oxidation sites excluding steroid dienone is 1. The molecule has 0 unspecified atom stereocenters. The Balaban J connectivity index is 2.31. The zero-order chi connectivity index (χ0) is 19.6. The smallest absolute Gasteiger partial charge is 0.286 e. The SMILES string of the molecule is CCO[C@@H]1OC(C(=O)NCCOC)=C[C@H](c2ccc(F)cc2)[C@H]1CCCO. The second-order valence-corrected chi connectivity index (χ2v) is 6.33. The average molecular weight is 381 g/mol. The molecule has 0 saturated carbocycles. The van der Waals surface area contributed by atoms with E-state index in [9.17, 15) is 14.3 Å². The van der Waals surface area contributed by atoms with Crippen molar-refractivity contribution in [2.45, 2.75) is 32.0 Å². The van der Waals surface area contributed by atoms with Crippen molar-refractivity contribution in [3.63, 3.8) is 0 Å². The van der Waals surface area contributed by atoms with Crippen LogP contribution < -0.4 is 5.32 Å². The summed E-state index contributed by atoms with van der Waals surface area (Å²) in [6, 6.07) is 6.21. The largest absolute Gasteiger partial charge is 0.459 e. The van der Waals surface area contributed by atoms with Gasteiger partial charge in [-0.3, -0.25) is 4.79 Å². The number of hydrogen-bond acceptors (Lipinski definition) is 5. The third-order valence-corrected chi connectivity index (χ3v) is 4.48. The molecular weight excluding hydrogens is 353 g/mol. The molecule has 0 aliphatic carbocycles. The van der Waals surface area contributed by atoms with E-state index in [1.54, 1.807) is 25.3 Å². The molecule has 1 amide bonds. The highest BCUT2D eigenvalue weighted by Crippen LogP contribution is 2.39. The van der Waals surface area contributed by atoms with E-state index >= 15 is 0 Å². The zero-order valence-corrected chi connectivity index (χ0v) is 15.8. The maximum atomic E-state index is 13.4. The molecule has 1 aromatic rings. The van der Waals surface area contributed by atoms with Crippen LogP contribution in [0.1, 0.15) is 31.2 Å².